The molecule has 0 rings (SSSR count). The van der Waals surface area contributed by atoms with Gasteiger partial charge in [0.15, 0.2) is 0 Å². The molecule has 0 atom stereocenters. The standard InChI is InChI=1S/C23H49NO11/c1-24(2-6-27-10-14-31-18-20-33-16-12-29-8-4-25)3-7-28-11-15-32-19-22-35-23-21-34-17-13-30-9-5-26/h25-26H,2-23H2,1H3. The molecule has 12 heteroatoms. The lowest BCUT2D eigenvalue weighted by Crippen LogP contribution is -2.28. The molecule has 35 heavy (non-hydrogen) atoms. The third-order valence-corrected chi connectivity index (χ3v) is 4.31. The second-order valence-corrected chi connectivity index (χ2v) is 7.26. The molecule has 0 aliphatic carbocycles. The maximum atomic E-state index is 8.56. The van der Waals surface area contributed by atoms with E-state index >= 15 is 0 Å². The summed E-state index contributed by atoms with van der Waals surface area (Å²) >= 11 is 0. The Balaban J connectivity index is 3.13. The van der Waals surface area contributed by atoms with Crippen molar-refractivity contribution < 1.29 is 52.8 Å². The van der Waals surface area contributed by atoms with Crippen molar-refractivity contribution in [2.24, 2.45) is 0 Å². The number of aliphatic hydroxyl groups is 2. The van der Waals surface area contributed by atoms with Gasteiger partial charge in [-0.05, 0) is 7.05 Å². The van der Waals surface area contributed by atoms with Gasteiger partial charge in [-0.3, -0.25) is 0 Å². The Kier molecular flexibility index (Phi) is 31.1. The molecule has 0 aromatic carbocycles. The van der Waals surface area contributed by atoms with E-state index in [1.54, 1.807) is 0 Å². The van der Waals surface area contributed by atoms with Crippen LogP contribution in [0, 0.1) is 0 Å². The van der Waals surface area contributed by atoms with E-state index in [4.69, 9.17) is 52.8 Å². The van der Waals surface area contributed by atoms with E-state index in [-0.39, 0.29) is 13.2 Å². The number of hydrogen-bond donors (Lipinski definition) is 2. The zero-order chi connectivity index (χ0) is 25.5. The van der Waals surface area contributed by atoms with Crippen LogP contribution in [0.25, 0.3) is 0 Å². The Morgan fingerprint density at radius 1 is 0.343 bits per heavy atom. The molecule has 212 valence electrons. The van der Waals surface area contributed by atoms with Gasteiger partial charge in [-0.1, -0.05) is 0 Å². The summed E-state index contributed by atoms with van der Waals surface area (Å²) in [5, 5.41) is 17.1. The normalized spacial score (nSPS) is 11.7. The van der Waals surface area contributed by atoms with Crippen LogP contribution in [0.15, 0.2) is 0 Å². The fourth-order valence-electron chi connectivity index (χ4n) is 2.43. The molecule has 0 aliphatic heterocycles. The molecule has 0 radical (unpaired) electrons. The zero-order valence-electron chi connectivity index (χ0n) is 21.6. The van der Waals surface area contributed by atoms with Gasteiger partial charge < -0.3 is 57.7 Å². The summed E-state index contributed by atoms with van der Waals surface area (Å²) in [4.78, 5) is 2.16. The van der Waals surface area contributed by atoms with E-state index in [2.05, 4.69) is 4.90 Å². The molecular weight excluding hydrogens is 466 g/mol. The largest absolute Gasteiger partial charge is 0.394 e. The number of ether oxygens (including phenoxy) is 9. The molecule has 2 N–H and O–H groups in total. The molecule has 0 saturated carbocycles. The van der Waals surface area contributed by atoms with Crippen molar-refractivity contribution in [1.82, 2.24) is 4.90 Å². The minimum atomic E-state index is 0.0297. The Morgan fingerprint density at radius 3 is 0.771 bits per heavy atom. The molecule has 0 bridgehead atoms. The second kappa shape index (κ2) is 31.5. The van der Waals surface area contributed by atoms with E-state index in [1.165, 1.54) is 0 Å². The van der Waals surface area contributed by atoms with Gasteiger partial charge in [0.05, 0.1) is 132 Å². The molecule has 0 aliphatic rings. The van der Waals surface area contributed by atoms with Gasteiger partial charge in [0, 0.05) is 13.1 Å². The topological polar surface area (TPSA) is 127 Å². The Labute approximate surface area is 210 Å². The first-order valence-electron chi connectivity index (χ1n) is 12.4. The maximum Gasteiger partial charge on any atom is 0.0701 e. The van der Waals surface area contributed by atoms with Crippen LogP contribution in [0.3, 0.4) is 0 Å². The van der Waals surface area contributed by atoms with Crippen LogP contribution in [0.1, 0.15) is 0 Å². The van der Waals surface area contributed by atoms with E-state index in [9.17, 15) is 0 Å². The Morgan fingerprint density at radius 2 is 0.543 bits per heavy atom. The van der Waals surface area contributed by atoms with Gasteiger partial charge in [-0.25, -0.2) is 0 Å². The first-order chi connectivity index (χ1) is 17.3. The van der Waals surface area contributed by atoms with Crippen molar-refractivity contribution in [1.29, 1.82) is 0 Å². The van der Waals surface area contributed by atoms with Crippen molar-refractivity contribution in [2.45, 2.75) is 0 Å². The second-order valence-electron chi connectivity index (χ2n) is 7.26. The lowest BCUT2D eigenvalue weighted by Gasteiger charge is -2.16. The summed E-state index contributed by atoms with van der Waals surface area (Å²) in [6.45, 7) is 10.9. The summed E-state index contributed by atoms with van der Waals surface area (Å²) in [6.07, 6.45) is 0. The van der Waals surface area contributed by atoms with Crippen LogP contribution >= 0.6 is 0 Å². The van der Waals surface area contributed by atoms with Crippen LogP contribution in [0.4, 0.5) is 0 Å². The molecule has 12 nitrogen and oxygen atoms in total. The summed E-state index contributed by atoms with van der Waals surface area (Å²) < 4.78 is 48.3. The van der Waals surface area contributed by atoms with Gasteiger partial charge in [-0.2, -0.15) is 0 Å². The van der Waals surface area contributed by atoms with E-state index in [0.29, 0.717) is 119 Å². The molecule has 0 spiro atoms. The average molecular weight is 516 g/mol. The molecule has 0 amide bonds. The maximum absolute atomic E-state index is 8.56. The van der Waals surface area contributed by atoms with Crippen molar-refractivity contribution >= 4 is 0 Å². The van der Waals surface area contributed by atoms with Crippen LogP contribution in [0.2, 0.25) is 0 Å². The summed E-state index contributed by atoms with van der Waals surface area (Å²) in [7, 11) is 2.03. The summed E-state index contributed by atoms with van der Waals surface area (Å²) in [5.41, 5.74) is 0. The minimum Gasteiger partial charge on any atom is -0.394 e. The van der Waals surface area contributed by atoms with Crippen molar-refractivity contribution in [3.63, 3.8) is 0 Å². The Hall–Kier alpha value is -0.480. The fraction of sp³-hybridized carbons (Fsp3) is 1.00. The van der Waals surface area contributed by atoms with Gasteiger partial charge in [0.1, 0.15) is 0 Å². The lowest BCUT2D eigenvalue weighted by atomic mass is 10.5. The van der Waals surface area contributed by atoms with Gasteiger partial charge in [0.2, 0.25) is 0 Å². The first-order valence-corrected chi connectivity index (χ1v) is 12.4. The molecule has 0 aromatic rings. The van der Waals surface area contributed by atoms with Crippen LogP contribution < -0.4 is 0 Å². The predicted octanol–water partition coefficient (Wildman–Crippen LogP) is -0.948. The van der Waals surface area contributed by atoms with Crippen molar-refractivity contribution in [3.8, 4) is 0 Å². The average Bonchev–Trinajstić information content (AvgIpc) is 2.86. The number of aliphatic hydroxyl groups excluding tert-OH is 2. The monoisotopic (exact) mass is 515 g/mol. The number of rotatable bonds is 31. The number of nitrogens with zero attached hydrogens (tertiary/aromatic N) is 1. The van der Waals surface area contributed by atoms with Crippen molar-refractivity contribution in [2.75, 3.05) is 152 Å². The third-order valence-electron chi connectivity index (χ3n) is 4.31. The first kappa shape index (κ1) is 34.5. The van der Waals surface area contributed by atoms with Gasteiger partial charge >= 0.3 is 0 Å². The van der Waals surface area contributed by atoms with E-state index < -0.39 is 0 Å². The smallest absolute Gasteiger partial charge is 0.0701 e. The highest BCUT2D eigenvalue weighted by Gasteiger charge is 1.99. The van der Waals surface area contributed by atoms with Crippen LogP contribution in [-0.2, 0) is 42.6 Å². The molecule has 0 fully saturated rings. The molecular formula is C23H49NO11. The highest BCUT2D eigenvalue weighted by atomic mass is 16.6. The number of hydrogen-bond acceptors (Lipinski definition) is 12. The highest BCUT2D eigenvalue weighted by molar-refractivity contribution is 4.49. The quantitative estimate of drug-likeness (QED) is 0.111. The lowest BCUT2D eigenvalue weighted by molar-refractivity contribution is -0.0150. The van der Waals surface area contributed by atoms with Gasteiger partial charge in [-0.15, -0.1) is 0 Å². The Bertz CT molecular complexity index is 383. The van der Waals surface area contributed by atoms with E-state index in [1.807, 2.05) is 7.05 Å². The molecule has 0 saturated heterocycles. The fourth-order valence-corrected chi connectivity index (χ4v) is 2.43. The summed E-state index contributed by atoms with van der Waals surface area (Å²) in [6, 6.07) is 0. The third kappa shape index (κ3) is 31.5. The van der Waals surface area contributed by atoms with Gasteiger partial charge in [0.25, 0.3) is 0 Å². The highest BCUT2D eigenvalue weighted by Crippen LogP contribution is 1.88. The molecule has 0 aromatic heterocycles. The molecule has 0 heterocycles. The molecule has 0 unspecified atom stereocenters. The van der Waals surface area contributed by atoms with Crippen LogP contribution in [-0.4, -0.2) is 167 Å². The predicted molar refractivity (Wildman–Crippen MR) is 129 cm³/mol. The van der Waals surface area contributed by atoms with Crippen LogP contribution in [0.5, 0.6) is 0 Å². The number of likely N-dealkylation sites (N-methyl/N-ethyl adjacent to an activating group) is 1. The van der Waals surface area contributed by atoms with E-state index in [0.717, 1.165) is 13.1 Å². The van der Waals surface area contributed by atoms with Crippen molar-refractivity contribution in [3.05, 3.63) is 0 Å². The SMILES string of the molecule is CN(CCOCCOCCOCCOCCO)CCOCCOCCOCCOCCOCCO. The minimum absolute atomic E-state index is 0.0297. The zero-order valence-corrected chi connectivity index (χ0v) is 21.6. The summed E-state index contributed by atoms with van der Waals surface area (Å²) in [5.74, 6) is 0.